The van der Waals surface area contributed by atoms with Crippen molar-refractivity contribution in [1.82, 2.24) is 5.32 Å². The molecule has 1 N–H and O–H groups in total. The zero-order chi connectivity index (χ0) is 26.6. The second-order valence-electron chi connectivity index (χ2n) is 9.72. The molecule has 0 bridgehead atoms. The first-order valence-electron chi connectivity index (χ1n) is 12.1. The molecule has 37 heavy (non-hydrogen) atoms. The third-order valence-electron chi connectivity index (χ3n) is 6.28. The number of fused-ring (bicyclic) bond motifs is 1. The van der Waals surface area contributed by atoms with Crippen LogP contribution in [0.1, 0.15) is 32.8 Å². The summed E-state index contributed by atoms with van der Waals surface area (Å²) in [5, 5.41) is 2.93. The van der Waals surface area contributed by atoms with Gasteiger partial charge in [-0.3, -0.25) is 9.10 Å². The first-order valence-corrected chi connectivity index (χ1v) is 13.5. The van der Waals surface area contributed by atoms with Gasteiger partial charge in [0.1, 0.15) is 25.6 Å². The van der Waals surface area contributed by atoms with Crippen molar-refractivity contribution in [2.24, 2.45) is 0 Å². The van der Waals surface area contributed by atoms with Gasteiger partial charge in [0, 0.05) is 12.1 Å². The van der Waals surface area contributed by atoms with Crippen LogP contribution in [0, 0.1) is 5.82 Å². The number of halogens is 1. The number of sulfonamides is 1. The monoisotopic (exact) mass is 526 g/mol. The molecule has 1 aliphatic rings. The Labute approximate surface area is 217 Å². The number of carbonyl (C=O) groups excluding carboxylic acids is 1. The van der Waals surface area contributed by atoms with Crippen molar-refractivity contribution in [1.29, 1.82) is 0 Å². The molecule has 0 saturated carbocycles. The number of hydrogen-bond acceptors (Lipinski definition) is 5. The summed E-state index contributed by atoms with van der Waals surface area (Å²) in [6, 6.07) is 19.1. The van der Waals surface area contributed by atoms with E-state index in [9.17, 15) is 17.6 Å². The first kappa shape index (κ1) is 26.5. The van der Waals surface area contributed by atoms with Gasteiger partial charge in [-0.05, 0) is 60.7 Å². The van der Waals surface area contributed by atoms with Gasteiger partial charge in [-0.15, -0.1) is 0 Å². The number of amides is 1. The molecule has 1 unspecified atom stereocenters. The van der Waals surface area contributed by atoms with Gasteiger partial charge in [0.05, 0.1) is 10.6 Å². The molecule has 7 nitrogen and oxygen atoms in total. The summed E-state index contributed by atoms with van der Waals surface area (Å²) < 4.78 is 53.0. The molecule has 4 rings (SSSR count). The van der Waals surface area contributed by atoms with E-state index >= 15 is 0 Å². The van der Waals surface area contributed by atoms with E-state index in [2.05, 4.69) is 19.2 Å². The largest absolute Gasteiger partial charge is 0.486 e. The summed E-state index contributed by atoms with van der Waals surface area (Å²) in [5.74, 6) is -0.220. The second-order valence-corrected chi connectivity index (χ2v) is 11.6. The topological polar surface area (TPSA) is 84.9 Å². The maximum absolute atomic E-state index is 13.7. The molecule has 0 fully saturated rings. The Balaban J connectivity index is 1.55. The lowest BCUT2D eigenvalue weighted by Gasteiger charge is -2.30. The van der Waals surface area contributed by atoms with Gasteiger partial charge in [-0.2, -0.15) is 0 Å². The van der Waals surface area contributed by atoms with Crippen LogP contribution in [0.2, 0.25) is 0 Å². The predicted molar refractivity (Wildman–Crippen MR) is 140 cm³/mol. The summed E-state index contributed by atoms with van der Waals surface area (Å²) in [4.78, 5) is 13.0. The Kier molecular flexibility index (Phi) is 7.73. The minimum Gasteiger partial charge on any atom is -0.486 e. The molecular weight excluding hydrogens is 495 g/mol. The molecule has 3 aromatic rings. The van der Waals surface area contributed by atoms with E-state index in [1.54, 1.807) is 0 Å². The van der Waals surface area contributed by atoms with Crippen LogP contribution in [0.4, 0.5) is 10.1 Å². The summed E-state index contributed by atoms with van der Waals surface area (Å²) in [6.45, 7) is 6.29. The lowest BCUT2D eigenvalue weighted by molar-refractivity contribution is -0.120. The van der Waals surface area contributed by atoms with E-state index in [1.165, 1.54) is 30.3 Å². The molecular formula is C28H31FN2O5S. The quantitative estimate of drug-likeness (QED) is 0.438. The number of rotatable bonds is 9. The average molecular weight is 527 g/mol. The number of anilines is 1. The molecule has 1 amide bonds. The van der Waals surface area contributed by atoms with E-state index in [0.29, 0.717) is 31.1 Å². The molecule has 196 valence electrons. The molecule has 3 aromatic carbocycles. The maximum Gasteiger partial charge on any atom is 0.264 e. The molecule has 0 aromatic heterocycles. The van der Waals surface area contributed by atoms with Crippen molar-refractivity contribution in [2.75, 3.05) is 24.1 Å². The van der Waals surface area contributed by atoms with Gasteiger partial charge >= 0.3 is 0 Å². The Morgan fingerprint density at radius 3 is 2.32 bits per heavy atom. The van der Waals surface area contributed by atoms with Crippen LogP contribution in [-0.2, 0) is 20.2 Å². The third kappa shape index (κ3) is 6.22. The molecule has 0 spiro atoms. The van der Waals surface area contributed by atoms with Crippen molar-refractivity contribution in [2.45, 2.75) is 43.5 Å². The maximum atomic E-state index is 13.7. The number of nitrogens with zero attached hydrogens (tertiary/aromatic N) is 1. The van der Waals surface area contributed by atoms with Crippen LogP contribution in [0.15, 0.2) is 77.7 Å². The molecule has 0 saturated heterocycles. The fourth-order valence-electron chi connectivity index (χ4n) is 4.51. The fraction of sp³-hybridized carbons (Fsp3) is 0.321. The van der Waals surface area contributed by atoms with Crippen molar-refractivity contribution < 1.29 is 27.1 Å². The molecule has 1 heterocycles. The van der Waals surface area contributed by atoms with E-state index in [-0.39, 0.29) is 22.0 Å². The summed E-state index contributed by atoms with van der Waals surface area (Å²) in [6.07, 6.45) is 0.647. The van der Waals surface area contributed by atoms with Crippen molar-refractivity contribution in [3.8, 4) is 11.5 Å². The van der Waals surface area contributed by atoms with Gasteiger partial charge in [0.25, 0.3) is 10.0 Å². The number of hydrogen-bond donors (Lipinski definition) is 1. The smallest absolute Gasteiger partial charge is 0.264 e. The zero-order valence-electron chi connectivity index (χ0n) is 21.1. The van der Waals surface area contributed by atoms with Crippen molar-refractivity contribution in [3.63, 3.8) is 0 Å². The summed E-state index contributed by atoms with van der Waals surface area (Å²) >= 11 is 0. The van der Waals surface area contributed by atoms with Gasteiger partial charge in [0.2, 0.25) is 5.91 Å². The Morgan fingerprint density at radius 2 is 1.65 bits per heavy atom. The lowest BCUT2D eigenvalue weighted by Crippen LogP contribution is -2.45. The average Bonchev–Trinajstić information content (AvgIpc) is 2.87. The highest BCUT2D eigenvalue weighted by atomic mass is 32.2. The van der Waals surface area contributed by atoms with Crippen LogP contribution >= 0.6 is 0 Å². The summed E-state index contributed by atoms with van der Waals surface area (Å²) in [5.41, 5.74) is 1.11. The lowest BCUT2D eigenvalue weighted by atomic mass is 9.79. The number of ether oxygens (including phenoxy) is 2. The van der Waals surface area contributed by atoms with Gasteiger partial charge in [-0.1, -0.05) is 44.2 Å². The SMILES string of the molecule is CC(CC(C)(C)c1ccccc1)NC(=O)CN(c1ccc(F)cc1)S(=O)(=O)c1ccc2c(c1)OCCO2. The van der Waals surface area contributed by atoms with E-state index in [1.807, 2.05) is 37.3 Å². The molecule has 1 aliphatic heterocycles. The van der Waals surface area contributed by atoms with E-state index < -0.39 is 28.3 Å². The van der Waals surface area contributed by atoms with Crippen LogP contribution < -0.4 is 19.1 Å². The van der Waals surface area contributed by atoms with Gasteiger partial charge in [-0.25, -0.2) is 12.8 Å². The molecule has 0 radical (unpaired) electrons. The minimum atomic E-state index is -4.19. The normalized spacial score (nSPS) is 14.1. The van der Waals surface area contributed by atoms with Gasteiger partial charge < -0.3 is 14.8 Å². The number of nitrogens with one attached hydrogen (secondary N) is 1. The van der Waals surface area contributed by atoms with Crippen molar-refractivity contribution >= 4 is 21.6 Å². The highest BCUT2D eigenvalue weighted by Crippen LogP contribution is 2.34. The van der Waals surface area contributed by atoms with Crippen LogP contribution in [-0.4, -0.2) is 40.1 Å². The van der Waals surface area contributed by atoms with Crippen LogP contribution in [0.3, 0.4) is 0 Å². The second kappa shape index (κ2) is 10.8. The fourth-order valence-corrected chi connectivity index (χ4v) is 5.95. The molecule has 1 atom stereocenters. The zero-order valence-corrected chi connectivity index (χ0v) is 21.9. The molecule has 9 heteroatoms. The number of carbonyl (C=O) groups is 1. The van der Waals surface area contributed by atoms with Crippen molar-refractivity contribution in [3.05, 3.63) is 84.2 Å². The Hall–Kier alpha value is -3.59. The predicted octanol–water partition coefficient (Wildman–Crippen LogP) is 4.66. The third-order valence-corrected chi connectivity index (χ3v) is 8.05. The molecule has 0 aliphatic carbocycles. The van der Waals surface area contributed by atoms with Crippen LogP contribution in [0.5, 0.6) is 11.5 Å². The van der Waals surface area contributed by atoms with E-state index in [4.69, 9.17) is 9.47 Å². The first-order chi connectivity index (χ1) is 17.6. The Morgan fingerprint density at radius 1 is 1.00 bits per heavy atom. The highest BCUT2D eigenvalue weighted by Gasteiger charge is 2.30. The highest BCUT2D eigenvalue weighted by molar-refractivity contribution is 7.92. The Bertz CT molecular complexity index is 1340. The minimum absolute atomic E-state index is 0.0628. The van der Waals surface area contributed by atoms with E-state index in [0.717, 1.165) is 22.0 Å². The van der Waals surface area contributed by atoms with Crippen LogP contribution in [0.25, 0.3) is 0 Å². The van der Waals surface area contributed by atoms with Gasteiger partial charge in [0.15, 0.2) is 11.5 Å². The summed E-state index contributed by atoms with van der Waals surface area (Å²) in [7, 11) is -4.19. The standard InChI is InChI=1S/C28H31FN2O5S/c1-20(18-28(2,3)21-7-5-4-6-8-21)30-27(32)19-31(23-11-9-22(29)10-12-23)37(33,34)24-13-14-25-26(17-24)36-16-15-35-25/h4-14,17,20H,15-16,18-19H2,1-3H3,(H,30,32). The number of benzene rings is 3.